The van der Waals surface area contributed by atoms with Crippen LogP contribution in [0.2, 0.25) is 0 Å². The summed E-state index contributed by atoms with van der Waals surface area (Å²) in [5.74, 6) is -1.48. The highest BCUT2D eigenvalue weighted by Gasteiger charge is 2.66. The van der Waals surface area contributed by atoms with Crippen LogP contribution in [0, 0.1) is 10.8 Å². The van der Waals surface area contributed by atoms with Crippen LogP contribution in [0.25, 0.3) is 0 Å². The zero-order valence-electron chi connectivity index (χ0n) is 20.3. The number of fused-ring (bicyclic) bond motifs is 1. The molecule has 1 N–H and O–H groups in total. The van der Waals surface area contributed by atoms with Gasteiger partial charge in [-0.1, -0.05) is 56.2 Å². The maximum absolute atomic E-state index is 14.5. The highest BCUT2D eigenvalue weighted by molar-refractivity contribution is 5.83. The van der Waals surface area contributed by atoms with E-state index in [1.165, 1.54) is 24.3 Å². The molecule has 2 aliphatic rings. The molecule has 1 saturated carbocycles. The van der Waals surface area contributed by atoms with Gasteiger partial charge in [-0.15, -0.1) is 0 Å². The van der Waals surface area contributed by atoms with Crippen LogP contribution in [0.5, 0.6) is 0 Å². The van der Waals surface area contributed by atoms with Crippen LogP contribution in [0.15, 0.2) is 41.5 Å². The van der Waals surface area contributed by atoms with Gasteiger partial charge in [0.2, 0.25) is 0 Å². The van der Waals surface area contributed by atoms with Gasteiger partial charge in [0.1, 0.15) is 6.10 Å². The smallest absolute Gasteiger partial charge is 0.432 e. The summed E-state index contributed by atoms with van der Waals surface area (Å²) in [7, 11) is 0.878. The Kier molecular flexibility index (Phi) is 6.57. The summed E-state index contributed by atoms with van der Waals surface area (Å²) in [5, 5.41) is 10.6. The van der Waals surface area contributed by atoms with Gasteiger partial charge in [-0.05, 0) is 51.0 Å². The van der Waals surface area contributed by atoms with E-state index >= 15 is 0 Å². The third-order valence-electron chi connectivity index (χ3n) is 7.92. The average Bonchev–Trinajstić information content (AvgIpc) is 2.99. The second-order valence-corrected chi connectivity index (χ2v) is 10.8. The molecule has 1 aromatic rings. The molecule has 0 aromatic heterocycles. The van der Waals surface area contributed by atoms with Crippen molar-refractivity contribution >= 4 is 5.97 Å². The molecule has 0 unspecified atom stereocenters. The molecule has 33 heavy (non-hydrogen) atoms. The fourth-order valence-corrected chi connectivity index (χ4v) is 5.97. The molecular weight excluding hydrogens is 433 g/mol. The summed E-state index contributed by atoms with van der Waals surface area (Å²) < 4.78 is 54.3. The number of esters is 1. The predicted octanol–water partition coefficient (Wildman–Crippen LogP) is 6.08. The fourth-order valence-electron chi connectivity index (χ4n) is 5.97. The molecule has 184 valence electrons. The van der Waals surface area contributed by atoms with Crippen molar-refractivity contribution in [1.29, 1.82) is 0 Å². The van der Waals surface area contributed by atoms with E-state index < -0.39 is 34.9 Å². The van der Waals surface area contributed by atoms with Gasteiger partial charge in [-0.2, -0.15) is 13.2 Å². The molecule has 0 radical (unpaired) electrons. The fraction of sp³-hybridized carbons (Fsp3) is 0.654. The number of rotatable bonds is 6. The summed E-state index contributed by atoms with van der Waals surface area (Å²) in [6.07, 6.45) is -2.44. The number of aliphatic hydroxyl groups is 1. The van der Waals surface area contributed by atoms with E-state index in [1.54, 1.807) is 19.9 Å². The van der Waals surface area contributed by atoms with Gasteiger partial charge in [-0.3, -0.25) is 0 Å². The second-order valence-electron chi connectivity index (χ2n) is 10.8. The summed E-state index contributed by atoms with van der Waals surface area (Å²) in [4.78, 5) is 13.5. The first-order chi connectivity index (χ1) is 15.1. The molecule has 0 amide bonds. The van der Waals surface area contributed by atoms with Crippen molar-refractivity contribution in [3.63, 3.8) is 0 Å². The van der Waals surface area contributed by atoms with E-state index in [9.17, 15) is 23.1 Å². The first-order valence-corrected chi connectivity index (χ1v) is 11.4. The number of hydrogen-bond donors (Lipinski definition) is 1. The van der Waals surface area contributed by atoms with Gasteiger partial charge < -0.3 is 14.6 Å². The van der Waals surface area contributed by atoms with Crippen LogP contribution < -0.4 is 0 Å². The van der Waals surface area contributed by atoms with Crippen LogP contribution in [0.3, 0.4) is 0 Å². The van der Waals surface area contributed by atoms with Crippen molar-refractivity contribution in [2.75, 3.05) is 7.11 Å². The number of carbonyl (C=O) groups is 1. The molecular formula is C26H35F3O4. The van der Waals surface area contributed by atoms with E-state index in [0.717, 1.165) is 38.4 Å². The van der Waals surface area contributed by atoms with E-state index in [-0.39, 0.29) is 17.4 Å². The number of benzene rings is 1. The highest BCUT2D eigenvalue weighted by Crippen LogP contribution is 2.63. The van der Waals surface area contributed by atoms with E-state index in [0.29, 0.717) is 5.57 Å². The maximum atomic E-state index is 14.5. The zero-order valence-corrected chi connectivity index (χ0v) is 20.3. The van der Waals surface area contributed by atoms with Crippen molar-refractivity contribution < 1.29 is 32.5 Å². The number of ether oxygens (including phenoxy) is 2. The average molecular weight is 469 g/mol. The summed E-state index contributed by atoms with van der Waals surface area (Å²) >= 11 is 0. The lowest BCUT2D eigenvalue weighted by molar-refractivity contribution is -0.280. The number of methoxy groups -OCH3 is 1. The molecule has 3 rings (SSSR count). The molecule has 4 atom stereocenters. The van der Waals surface area contributed by atoms with Gasteiger partial charge in [0.05, 0.1) is 5.60 Å². The lowest BCUT2D eigenvalue weighted by Crippen LogP contribution is -2.56. The molecule has 1 fully saturated rings. The number of carbonyl (C=O) groups excluding carboxylic acids is 1. The monoisotopic (exact) mass is 468 g/mol. The minimum absolute atomic E-state index is 0.208. The minimum atomic E-state index is -5.04. The first kappa shape index (κ1) is 25.8. The van der Waals surface area contributed by atoms with Crippen LogP contribution in [-0.4, -0.2) is 36.1 Å². The minimum Gasteiger partial charge on any atom is -0.455 e. The molecule has 7 heteroatoms. The van der Waals surface area contributed by atoms with Crippen LogP contribution in [-0.2, 0) is 19.9 Å². The number of alkyl halides is 3. The molecule has 1 aromatic carbocycles. The van der Waals surface area contributed by atoms with Crippen molar-refractivity contribution in [1.82, 2.24) is 0 Å². The Balaban J connectivity index is 2.13. The predicted molar refractivity (Wildman–Crippen MR) is 119 cm³/mol. The van der Waals surface area contributed by atoms with Crippen molar-refractivity contribution in [3.05, 3.63) is 47.0 Å². The van der Waals surface area contributed by atoms with E-state index in [1.807, 2.05) is 13.8 Å². The summed E-state index contributed by atoms with van der Waals surface area (Å²) in [6, 6.07) is 6.88. The highest BCUT2D eigenvalue weighted by atomic mass is 19.4. The van der Waals surface area contributed by atoms with Crippen molar-refractivity contribution in [2.24, 2.45) is 10.8 Å². The summed E-state index contributed by atoms with van der Waals surface area (Å²) in [5.41, 5.74) is -3.78. The normalized spacial score (nSPS) is 30.1. The second kappa shape index (κ2) is 8.42. The largest absolute Gasteiger partial charge is 0.455 e. The Bertz CT molecular complexity index is 918. The van der Waals surface area contributed by atoms with E-state index in [4.69, 9.17) is 9.47 Å². The van der Waals surface area contributed by atoms with Gasteiger partial charge in [0.15, 0.2) is 0 Å². The van der Waals surface area contributed by atoms with E-state index in [2.05, 4.69) is 6.92 Å². The molecule has 2 aliphatic carbocycles. The van der Waals surface area contributed by atoms with Crippen molar-refractivity contribution in [3.8, 4) is 0 Å². The Morgan fingerprint density at radius 3 is 2.27 bits per heavy atom. The van der Waals surface area contributed by atoms with Crippen LogP contribution in [0.4, 0.5) is 13.2 Å². The number of hydrogen-bond acceptors (Lipinski definition) is 4. The summed E-state index contributed by atoms with van der Waals surface area (Å²) in [6.45, 7) is 9.34. The Morgan fingerprint density at radius 2 is 1.76 bits per heavy atom. The quantitative estimate of drug-likeness (QED) is 0.406. The lowest BCUT2D eigenvalue weighted by atomic mass is 9.56. The van der Waals surface area contributed by atoms with Gasteiger partial charge in [0, 0.05) is 24.5 Å². The molecule has 0 aliphatic heterocycles. The van der Waals surface area contributed by atoms with Crippen molar-refractivity contribution in [2.45, 2.75) is 90.2 Å². The lowest BCUT2D eigenvalue weighted by Gasteiger charge is -2.52. The molecule has 0 heterocycles. The van der Waals surface area contributed by atoms with Gasteiger partial charge >= 0.3 is 12.1 Å². The Morgan fingerprint density at radius 1 is 1.15 bits per heavy atom. The molecule has 0 bridgehead atoms. The molecule has 4 nitrogen and oxygen atoms in total. The Labute approximate surface area is 194 Å². The van der Waals surface area contributed by atoms with Gasteiger partial charge in [-0.25, -0.2) is 4.79 Å². The van der Waals surface area contributed by atoms with Gasteiger partial charge in [0.25, 0.3) is 5.60 Å². The number of allylic oxidation sites excluding steroid dienone is 1. The van der Waals surface area contributed by atoms with Crippen LogP contribution in [0.1, 0.15) is 72.3 Å². The van der Waals surface area contributed by atoms with Crippen LogP contribution >= 0.6 is 0 Å². The number of halogens is 3. The third kappa shape index (κ3) is 4.23. The first-order valence-electron chi connectivity index (χ1n) is 11.4. The third-order valence-corrected chi connectivity index (χ3v) is 7.92. The zero-order chi connectivity index (χ0) is 24.9. The maximum Gasteiger partial charge on any atom is 0.432 e. The SMILES string of the molecule is CO[C@@](C(=O)O[C@@H]1C(CC(C)(C)O)=C(C)C[C@@]2(C)CCC[C@]12C)(c1ccccc1)C(F)(F)F. The molecule has 0 saturated heterocycles. The topological polar surface area (TPSA) is 55.8 Å². The Hall–Kier alpha value is -1.86. The standard InChI is InChI=1S/C26H35F3O4/c1-17-15-23(4)13-10-14-24(23,5)20(19(17)16-22(2,3)31)33-21(30)25(32-6,26(27,28)29)18-11-8-7-9-12-18/h7-9,11-12,20,31H,10,13-16H2,1-6H3/t20-,23-,24-,25-/m1/s1. The molecule has 0 spiro atoms.